The fourth-order valence-electron chi connectivity index (χ4n) is 5.29. The molecule has 5 nitrogen and oxygen atoms in total. The lowest BCUT2D eigenvalue weighted by atomic mass is 9.81. The minimum absolute atomic E-state index is 0.0565. The van der Waals surface area contributed by atoms with Crippen LogP contribution in [0.15, 0.2) is 42.6 Å². The van der Waals surface area contributed by atoms with Crippen LogP contribution in [0, 0.1) is 18.8 Å². The summed E-state index contributed by atoms with van der Waals surface area (Å²) in [6.07, 6.45) is 6.06. The van der Waals surface area contributed by atoms with Gasteiger partial charge in [-0.05, 0) is 68.9 Å². The van der Waals surface area contributed by atoms with Crippen LogP contribution in [0.4, 0.5) is 0 Å². The largest absolute Gasteiger partial charge is 0.490 e. The van der Waals surface area contributed by atoms with Crippen LogP contribution in [-0.4, -0.2) is 35.1 Å². The van der Waals surface area contributed by atoms with Gasteiger partial charge in [-0.3, -0.25) is 9.69 Å². The zero-order chi connectivity index (χ0) is 22.2. The number of halogens is 1. The molecule has 0 unspecified atom stereocenters. The molecular formula is C26H30ClN3O2. The molecule has 1 fully saturated rings. The van der Waals surface area contributed by atoms with Gasteiger partial charge < -0.3 is 15.0 Å². The zero-order valence-electron chi connectivity index (χ0n) is 18.5. The second kappa shape index (κ2) is 8.80. The SMILES string of the molecule is Cc1ccc2c(ccn2-c2cc(Cl)c3c(c2)CN(C[C@H]2CC[C@H](C(N)=O)CC2)CCO3)c1. The van der Waals surface area contributed by atoms with Crippen LogP contribution < -0.4 is 10.5 Å². The molecule has 2 N–H and O–H groups in total. The number of primary amides is 1. The number of hydrogen-bond acceptors (Lipinski definition) is 3. The van der Waals surface area contributed by atoms with E-state index in [1.54, 1.807) is 0 Å². The van der Waals surface area contributed by atoms with Crippen molar-refractivity contribution in [2.75, 3.05) is 19.7 Å². The predicted molar refractivity (Wildman–Crippen MR) is 128 cm³/mol. The van der Waals surface area contributed by atoms with E-state index in [9.17, 15) is 4.79 Å². The fraction of sp³-hybridized carbons (Fsp3) is 0.423. The summed E-state index contributed by atoms with van der Waals surface area (Å²) in [6.45, 7) is 5.46. The minimum Gasteiger partial charge on any atom is -0.490 e. The summed E-state index contributed by atoms with van der Waals surface area (Å²) in [5.74, 6) is 1.32. The molecule has 1 aromatic heterocycles. The van der Waals surface area contributed by atoms with E-state index < -0.39 is 0 Å². The predicted octanol–water partition coefficient (Wildman–Crippen LogP) is 5.08. The van der Waals surface area contributed by atoms with E-state index in [-0.39, 0.29) is 11.8 Å². The van der Waals surface area contributed by atoms with Gasteiger partial charge in [-0.2, -0.15) is 0 Å². The van der Waals surface area contributed by atoms with Gasteiger partial charge in [0, 0.05) is 48.4 Å². The number of benzene rings is 2. The number of carbonyl (C=O) groups excluding carboxylic acids is 1. The monoisotopic (exact) mass is 451 g/mol. The number of aryl methyl sites for hydroxylation is 1. The number of rotatable bonds is 4. The summed E-state index contributed by atoms with van der Waals surface area (Å²) in [5.41, 5.74) is 10.1. The Hall–Kier alpha value is -2.50. The molecule has 2 aliphatic rings. The maximum Gasteiger partial charge on any atom is 0.220 e. The van der Waals surface area contributed by atoms with Crippen molar-refractivity contribution in [2.24, 2.45) is 17.6 Å². The lowest BCUT2D eigenvalue weighted by Crippen LogP contribution is -2.34. The molecule has 0 saturated heterocycles. The Morgan fingerprint density at radius 1 is 1.16 bits per heavy atom. The van der Waals surface area contributed by atoms with Gasteiger partial charge in [-0.1, -0.05) is 23.2 Å². The van der Waals surface area contributed by atoms with Crippen molar-refractivity contribution >= 4 is 28.4 Å². The van der Waals surface area contributed by atoms with Gasteiger partial charge in [-0.15, -0.1) is 0 Å². The standard InChI is InChI=1S/C26H30ClN3O2/c1-17-2-7-24-20(12-17)8-9-30(24)22-13-21-16-29(10-11-32-25(21)23(27)14-22)15-18-3-5-19(6-4-18)26(28)31/h2,7-9,12-14,18-19H,3-6,10-11,15-16H2,1H3,(H2,28,31)/t18-,19-. The quantitative estimate of drug-likeness (QED) is 0.601. The number of hydrogen-bond donors (Lipinski definition) is 1. The van der Waals surface area contributed by atoms with Gasteiger partial charge in [-0.25, -0.2) is 0 Å². The second-order valence-corrected chi connectivity index (χ2v) is 9.77. The molecule has 5 rings (SSSR count). The molecule has 0 bridgehead atoms. The maximum atomic E-state index is 11.5. The Balaban J connectivity index is 1.38. The summed E-state index contributed by atoms with van der Waals surface area (Å²) in [7, 11) is 0. The van der Waals surface area contributed by atoms with Crippen LogP contribution in [0.5, 0.6) is 5.75 Å². The number of nitrogens with zero attached hydrogens (tertiary/aromatic N) is 2. The number of fused-ring (bicyclic) bond motifs is 2. The second-order valence-electron chi connectivity index (χ2n) is 9.37. The summed E-state index contributed by atoms with van der Waals surface area (Å²) in [6, 6.07) is 12.9. The highest BCUT2D eigenvalue weighted by Crippen LogP contribution is 2.36. The highest BCUT2D eigenvalue weighted by Gasteiger charge is 2.27. The molecule has 2 aromatic carbocycles. The number of aromatic nitrogens is 1. The first kappa shape index (κ1) is 21.4. The van der Waals surface area contributed by atoms with E-state index in [0.717, 1.165) is 62.3 Å². The first-order valence-electron chi connectivity index (χ1n) is 11.5. The van der Waals surface area contributed by atoms with E-state index in [0.29, 0.717) is 17.5 Å². The number of carbonyl (C=O) groups is 1. The summed E-state index contributed by atoms with van der Waals surface area (Å²) >= 11 is 6.70. The Labute approximate surface area is 194 Å². The van der Waals surface area contributed by atoms with Crippen LogP contribution in [-0.2, 0) is 11.3 Å². The van der Waals surface area contributed by atoms with Crippen molar-refractivity contribution in [3.05, 3.63) is 58.7 Å². The van der Waals surface area contributed by atoms with Gasteiger partial charge in [0.25, 0.3) is 0 Å². The number of amides is 1. The van der Waals surface area contributed by atoms with E-state index in [1.165, 1.54) is 16.5 Å². The van der Waals surface area contributed by atoms with Crippen LogP contribution in [0.2, 0.25) is 5.02 Å². The summed E-state index contributed by atoms with van der Waals surface area (Å²) in [5, 5.41) is 1.88. The molecule has 32 heavy (non-hydrogen) atoms. The Morgan fingerprint density at radius 2 is 1.97 bits per heavy atom. The van der Waals surface area contributed by atoms with E-state index in [2.05, 4.69) is 52.9 Å². The van der Waals surface area contributed by atoms with Crippen LogP contribution in [0.1, 0.15) is 36.8 Å². The van der Waals surface area contributed by atoms with Crippen LogP contribution in [0.25, 0.3) is 16.6 Å². The van der Waals surface area contributed by atoms with Crippen molar-refractivity contribution in [3.8, 4) is 11.4 Å². The van der Waals surface area contributed by atoms with Gasteiger partial charge in [0.15, 0.2) is 0 Å². The molecule has 1 amide bonds. The molecule has 1 aliphatic carbocycles. The highest BCUT2D eigenvalue weighted by atomic mass is 35.5. The van der Waals surface area contributed by atoms with Crippen molar-refractivity contribution in [1.29, 1.82) is 0 Å². The highest BCUT2D eigenvalue weighted by molar-refractivity contribution is 6.32. The van der Waals surface area contributed by atoms with Crippen molar-refractivity contribution in [1.82, 2.24) is 9.47 Å². The molecule has 0 spiro atoms. The number of nitrogens with two attached hydrogens (primary N) is 1. The van der Waals surface area contributed by atoms with Crippen LogP contribution in [0.3, 0.4) is 0 Å². The van der Waals surface area contributed by atoms with Crippen molar-refractivity contribution < 1.29 is 9.53 Å². The molecule has 168 valence electrons. The Kier molecular flexibility index (Phi) is 5.87. The smallest absolute Gasteiger partial charge is 0.220 e. The molecular weight excluding hydrogens is 422 g/mol. The first-order valence-corrected chi connectivity index (χ1v) is 11.9. The average molecular weight is 452 g/mol. The van der Waals surface area contributed by atoms with E-state index in [1.807, 2.05) is 6.07 Å². The third-order valence-electron chi connectivity index (χ3n) is 7.04. The average Bonchev–Trinajstić information content (AvgIpc) is 3.07. The lowest BCUT2D eigenvalue weighted by molar-refractivity contribution is -0.123. The third kappa shape index (κ3) is 4.24. The minimum atomic E-state index is -0.143. The first-order chi connectivity index (χ1) is 15.5. The molecule has 6 heteroatoms. The molecule has 2 heterocycles. The van der Waals surface area contributed by atoms with Crippen molar-refractivity contribution in [3.63, 3.8) is 0 Å². The fourth-order valence-corrected chi connectivity index (χ4v) is 5.57. The molecule has 0 radical (unpaired) electrons. The topological polar surface area (TPSA) is 60.5 Å². The Morgan fingerprint density at radius 3 is 2.75 bits per heavy atom. The maximum absolute atomic E-state index is 11.5. The summed E-state index contributed by atoms with van der Waals surface area (Å²) < 4.78 is 8.27. The summed E-state index contributed by atoms with van der Waals surface area (Å²) in [4.78, 5) is 13.9. The van der Waals surface area contributed by atoms with Crippen LogP contribution >= 0.6 is 11.6 Å². The molecule has 3 aromatic rings. The molecule has 1 saturated carbocycles. The van der Waals surface area contributed by atoms with Gasteiger partial charge in [0.05, 0.1) is 10.5 Å². The van der Waals surface area contributed by atoms with E-state index >= 15 is 0 Å². The van der Waals surface area contributed by atoms with Gasteiger partial charge in [0.2, 0.25) is 5.91 Å². The third-order valence-corrected chi connectivity index (χ3v) is 7.32. The lowest BCUT2D eigenvalue weighted by Gasteiger charge is -2.31. The van der Waals surface area contributed by atoms with Gasteiger partial charge >= 0.3 is 0 Å². The van der Waals surface area contributed by atoms with Crippen molar-refractivity contribution in [2.45, 2.75) is 39.2 Å². The zero-order valence-corrected chi connectivity index (χ0v) is 19.3. The molecule has 1 aliphatic heterocycles. The molecule has 0 atom stereocenters. The number of ether oxygens (including phenoxy) is 1. The Bertz CT molecular complexity index is 1150. The normalized spacial score (nSPS) is 21.7. The van der Waals surface area contributed by atoms with E-state index in [4.69, 9.17) is 22.1 Å². The van der Waals surface area contributed by atoms with Gasteiger partial charge in [0.1, 0.15) is 12.4 Å².